The summed E-state index contributed by atoms with van der Waals surface area (Å²) in [5, 5.41) is 7.67. The maximum absolute atomic E-state index is 4.97. The molecule has 0 fully saturated rings. The molecule has 0 saturated heterocycles. The fraction of sp³-hybridized carbons (Fsp3) is 0.600. The number of hydrogen-bond acceptors (Lipinski definition) is 2. The summed E-state index contributed by atoms with van der Waals surface area (Å²) < 4.78 is 0. The van der Waals surface area contributed by atoms with Gasteiger partial charge < -0.3 is 5.32 Å². The predicted octanol–water partition coefficient (Wildman–Crippen LogP) is 1.81. The van der Waals surface area contributed by atoms with Gasteiger partial charge in [0, 0.05) is 12.8 Å². The minimum atomic E-state index is 0.567. The van der Waals surface area contributed by atoms with Gasteiger partial charge in [0.25, 0.3) is 0 Å². The molecular weight excluding hydrogens is 194 g/mol. The molecule has 1 aliphatic carbocycles. The zero-order valence-electron chi connectivity index (χ0n) is 8.49. The first-order valence-electron chi connectivity index (χ1n) is 5.05. The highest BCUT2D eigenvalue weighted by Gasteiger charge is 2.05. The Labute approximate surface area is 90.7 Å². The lowest BCUT2D eigenvalue weighted by Crippen LogP contribution is -2.31. The summed E-state index contributed by atoms with van der Waals surface area (Å²) in [6.45, 7) is 2.83. The van der Waals surface area contributed by atoms with Gasteiger partial charge in [-0.1, -0.05) is 12.2 Å². The number of nitrogens with zero attached hydrogens (tertiary/aromatic N) is 1. The second-order valence-electron chi connectivity index (χ2n) is 3.29. The van der Waals surface area contributed by atoms with Gasteiger partial charge in [-0.05, 0) is 44.3 Å². The van der Waals surface area contributed by atoms with Crippen LogP contribution in [0.2, 0.25) is 0 Å². The fourth-order valence-electron chi connectivity index (χ4n) is 1.35. The molecule has 1 aliphatic rings. The Kier molecular flexibility index (Phi) is 5.22. The molecule has 1 rings (SSSR count). The number of hydrogen-bond donors (Lipinski definition) is 2. The van der Waals surface area contributed by atoms with E-state index in [1.54, 1.807) is 0 Å². The number of nitrogens with one attached hydrogen (secondary N) is 2. The Morgan fingerprint density at radius 2 is 2.50 bits per heavy atom. The van der Waals surface area contributed by atoms with Crippen LogP contribution in [0.3, 0.4) is 0 Å². The second kappa shape index (κ2) is 6.54. The molecule has 0 radical (unpaired) electrons. The van der Waals surface area contributed by atoms with E-state index in [-0.39, 0.29) is 0 Å². The van der Waals surface area contributed by atoms with E-state index in [9.17, 15) is 0 Å². The summed E-state index contributed by atoms with van der Waals surface area (Å²) in [6.07, 6.45) is 9.83. The van der Waals surface area contributed by atoms with Crippen molar-refractivity contribution >= 4 is 23.5 Å². The first kappa shape index (κ1) is 11.2. The summed E-state index contributed by atoms with van der Waals surface area (Å²) in [7, 11) is 0. The summed E-state index contributed by atoms with van der Waals surface area (Å²) >= 11 is 4.97. The molecule has 0 aromatic heterocycles. The third-order valence-corrected chi connectivity index (χ3v) is 2.33. The highest BCUT2D eigenvalue weighted by atomic mass is 32.1. The maximum Gasteiger partial charge on any atom is 0.186 e. The van der Waals surface area contributed by atoms with Gasteiger partial charge in [0.2, 0.25) is 0 Å². The summed E-state index contributed by atoms with van der Waals surface area (Å²) in [5.74, 6) is 0.567. The van der Waals surface area contributed by atoms with Crippen molar-refractivity contribution in [3.8, 4) is 0 Å². The Hall–Kier alpha value is -0.900. The predicted molar refractivity (Wildman–Crippen MR) is 64.4 cm³/mol. The Bertz CT molecular complexity index is 236. The van der Waals surface area contributed by atoms with Crippen LogP contribution in [0.4, 0.5) is 0 Å². The molecule has 0 spiro atoms. The average molecular weight is 211 g/mol. The summed E-state index contributed by atoms with van der Waals surface area (Å²) in [4.78, 5) is 0. The molecule has 0 heterocycles. The van der Waals surface area contributed by atoms with Crippen LogP contribution in [0, 0.1) is 5.92 Å². The highest BCUT2D eigenvalue weighted by molar-refractivity contribution is 7.80. The maximum atomic E-state index is 4.97. The van der Waals surface area contributed by atoms with Gasteiger partial charge in [-0.15, -0.1) is 0 Å². The molecule has 0 aromatic rings. The van der Waals surface area contributed by atoms with Crippen molar-refractivity contribution in [2.75, 3.05) is 6.54 Å². The van der Waals surface area contributed by atoms with Gasteiger partial charge in [-0.2, -0.15) is 5.10 Å². The van der Waals surface area contributed by atoms with Crippen molar-refractivity contribution in [1.29, 1.82) is 0 Å². The lowest BCUT2D eigenvalue weighted by Gasteiger charge is -2.12. The van der Waals surface area contributed by atoms with Crippen LogP contribution in [0.5, 0.6) is 0 Å². The van der Waals surface area contributed by atoms with Crippen molar-refractivity contribution in [3.63, 3.8) is 0 Å². The molecule has 0 saturated carbocycles. The van der Waals surface area contributed by atoms with Crippen LogP contribution >= 0.6 is 12.2 Å². The van der Waals surface area contributed by atoms with Crippen molar-refractivity contribution in [3.05, 3.63) is 12.2 Å². The first-order valence-corrected chi connectivity index (χ1v) is 5.45. The van der Waals surface area contributed by atoms with Gasteiger partial charge >= 0.3 is 0 Å². The number of rotatable bonds is 3. The van der Waals surface area contributed by atoms with Gasteiger partial charge in [0.15, 0.2) is 5.11 Å². The van der Waals surface area contributed by atoms with E-state index >= 15 is 0 Å². The van der Waals surface area contributed by atoms with Gasteiger partial charge in [0.05, 0.1) is 0 Å². The summed E-state index contributed by atoms with van der Waals surface area (Å²) in [6, 6.07) is 0. The van der Waals surface area contributed by atoms with Crippen molar-refractivity contribution in [2.24, 2.45) is 11.0 Å². The van der Waals surface area contributed by atoms with Gasteiger partial charge in [-0.3, -0.25) is 5.43 Å². The van der Waals surface area contributed by atoms with E-state index in [2.05, 4.69) is 28.0 Å². The van der Waals surface area contributed by atoms with Gasteiger partial charge in [-0.25, -0.2) is 0 Å². The van der Waals surface area contributed by atoms with Crippen LogP contribution < -0.4 is 10.7 Å². The molecule has 3 nitrogen and oxygen atoms in total. The van der Waals surface area contributed by atoms with E-state index in [0.29, 0.717) is 11.0 Å². The molecule has 78 valence electrons. The Morgan fingerprint density at radius 1 is 1.64 bits per heavy atom. The number of allylic oxidation sites excluding steroid dienone is 2. The van der Waals surface area contributed by atoms with E-state index in [0.717, 1.165) is 19.4 Å². The van der Waals surface area contributed by atoms with Crippen LogP contribution in [0.15, 0.2) is 17.3 Å². The van der Waals surface area contributed by atoms with Crippen LogP contribution in [-0.4, -0.2) is 17.9 Å². The molecular formula is C10H17N3S. The van der Waals surface area contributed by atoms with E-state index in [4.69, 9.17) is 12.2 Å². The molecule has 1 atom stereocenters. The van der Waals surface area contributed by atoms with Crippen LogP contribution in [-0.2, 0) is 0 Å². The molecule has 4 heteroatoms. The monoisotopic (exact) mass is 211 g/mol. The Balaban J connectivity index is 2.19. The lowest BCUT2D eigenvalue weighted by atomic mass is 9.96. The highest BCUT2D eigenvalue weighted by Crippen LogP contribution is 2.15. The van der Waals surface area contributed by atoms with E-state index < -0.39 is 0 Å². The van der Waals surface area contributed by atoms with Crippen molar-refractivity contribution in [2.45, 2.75) is 26.2 Å². The molecule has 0 aromatic carbocycles. The normalized spacial score (nSPS) is 21.1. The first-order chi connectivity index (χ1) is 6.83. The van der Waals surface area contributed by atoms with Crippen LogP contribution in [0.1, 0.15) is 26.2 Å². The number of thiocarbonyl (C=S) groups is 1. The smallest absolute Gasteiger partial charge is 0.186 e. The van der Waals surface area contributed by atoms with Crippen LogP contribution in [0.25, 0.3) is 0 Å². The fourth-order valence-corrected chi connectivity index (χ4v) is 1.55. The number of hydrazone groups is 1. The quantitative estimate of drug-likeness (QED) is 0.323. The largest absolute Gasteiger partial charge is 0.362 e. The van der Waals surface area contributed by atoms with E-state index in [1.807, 2.05) is 13.1 Å². The minimum Gasteiger partial charge on any atom is -0.362 e. The topological polar surface area (TPSA) is 36.4 Å². The minimum absolute atomic E-state index is 0.567. The van der Waals surface area contributed by atoms with Gasteiger partial charge in [0.1, 0.15) is 0 Å². The third-order valence-electron chi connectivity index (χ3n) is 2.10. The average Bonchev–Trinajstić information content (AvgIpc) is 2.20. The van der Waals surface area contributed by atoms with Crippen molar-refractivity contribution in [1.82, 2.24) is 10.7 Å². The lowest BCUT2D eigenvalue weighted by molar-refractivity contribution is 0.624. The molecule has 0 aliphatic heterocycles. The SMILES string of the molecule is CCNC(=S)N/N=C/[C@H]1CC=CCC1. The molecule has 0 amide bonds. The molecule has 2 N–H and O–H groups in total. The van der Waals surface area contributed by atoms with E-state index in [1.165, 1.54) is 6.42 Å². The molecule has 14 heavy (non-hydrogen) atoms. The standard InChI is InChI=1S/C10H17N3S/c1-2-11-10(14)13-12-8-9-6-4-3-5-7-9/h3-4,8-9H,2,5-7H2,1H3,(H2,11,13,14)/b12-8+/t9-/m0/s1. The zero-order chi connectivity index (χ0) is 10.2. The second-order valence-corrected chi connectivity index (χ2v) is 3.70. The Morgan fingerprint density at radius 3 is 3.14 bits per heavy atom. The zero-order valence-corrected chi connectivity index (χ0v) is 9.31. The van der Waals surface area contributed by atoms with Crippen molar-refractivity contribution < 1.29 is 0 Å². The summed E-state index contributed by atoms with van der Waals surface area (Å²) in [5.41, 5.74) is 2.80. The molecule has 0 unspecified atom stereocenters. The third kappa shape index (κ3) is 4.37. The molecule has 0 bridgehead atoms.